The number of hydrogen-bond acceptors (Lipinski definition) is 3. The van der Waals surface area contributed by atoms with E-state index in [1.807, 2.05) is 20.8 Å². The zero-order valence-corrected chi connectivity index (χ0v) is 10.2. The number of carbonyl (C=O) groups is 2. The SMILES string of the molecule is CCCOC(=O)C(CC)C(CC)C(C)=O. The molecule has 2 unspecified atom stereocenters. The number of Topliss-reactive ketones (excluding diaryl/α,β-unsaturated/α-hetero) is 1. The van der Waals surface area contributed by atoms with E-state index in [0.29, 0.717) is 19.4 Å². The van der Waals surface area contributed by atoms with Crippen LogP contribution in [0.4, 0.5) is 0 Å². The van der Waals surface area contributed by atoms with Crippen molar-refractivity contribution in [2.45, 2.75) is 47.0 Å². The lowest BCUT2D eigenvalue weighted by atomic mass is 9.85. The minimum absolute atomic E-state index is 0.0813. The van der Waals surface area contributed by atoms with Gasteiger partial charge in [-0.1, -0.05) is 20.8 Å². The molecule has 0 aliphatic rings. The number of hydrogen-bond donors (Lipinski definition) is 0. The Hall–Kier alpha value is -0.860. The van der Waals surface area contributed by atoms with Crippen LogP contribution in [0, 0.1) is 11.8 Å². The molecule has 0 aromatic heterocycles. The van der Waals surface area contributed by atoms with Crippen LogP contribution in [-0.2, 0) is 14.3 Å². The van der Waals surface area contributed by atoms with Gasteiger partial charge in [0, 0.05) is 5.92 Å². The third kappa shape index (κ3) is 4.45. The first-order valence-electron chi connectivity index (χ1n) is 5.75. The summed E-state index contributed by atoms with van der Waals surface area (Å²) in [5, 5.41) is 0. The van der Waals surface area contributed by atoms with E-state index in [2.05, 4.69) is 0 Å². The molecule has 15 heavy (non-hydrogen) atoms. The fraction of sp³-hybridized carbons (Fsp3) is 0.833. The Balaban J connectivity index is 4.43. The van der Waals surface area contributed by atoms with Crippen LogP contribution in [0.3, 0.4) is 0 Å². The predicted octanol–water partition coefficient (Wildman–Crippen LogP) is 2.58. The summed E-state index contributed by atoms with van der Waals surface area (Å²) >= 11 is 0. The molecule has 0 spiro atoms. The average Bonchev–Trinajstić information content (AvgIpc) is 2.21. The lowest BCUT2D eigenvalue weighted by Crippen LogP contribution is -2.29. The average molecular weight is 214 g/mol. The lowest BCUT2D eigenvalue weighted by Gasteiger charge is -2.21. The molecule has 0 fully saturated rings. The Labute approximate surface area is 92.2 Å². The van der Waals surface area contributed by atoms with E-state index in [1.54, 1.807) is 6.92 Å². The third-order valence-corrected chi connectivity index (χ3v) is 2.64. The van der Waals surface area contributed by atoms with Gasteiger partial charge in [0.15, 0.2) is 0 Å². The summed E-state index contributed by atoms with van der Waals surface area (Å²) in [6, 6.07) is 0. The number of esters is 1. The molecular weight excluding hydrogens is 192 g/mol. The molecule has 0 aliphatic heterocycles. The van der Waals surface area contributed by atoms with E-state index in [4.69, 9.17) is 4.74 Å². The van der Waals surface area contributed by atoms with Crippen LogP contribution < -0.4 is 0 Å². The van der Waals surface area contributed by atoms with Gasteiger partial charge in [-0.3, -0.25) is 9.59 Å². The summed E-state index contributed by atoms with van der Waals surface area (Å²) in [5.41, 5.74) is 0. The molecule has 0 radical (unpaired) electrons. The van der Waals surface area contributed by atoms with Gasteiger partial charge in [-0.2, -0.15) is 0 Å². The van der Waals surface area contributed by atoms with E-state index < -0.39 is 0 Å². The molecule has 88 valence electrons. The van der Waals surface area contributed by atoms with E-state index in [0.717, 1.165) is 6.42 Å². The van der Waals surface area contributed by atoms with Crippen molar-refractivity contribution in [3.05, 3.63) is 0 Å². The van der Waals surface area contributed by atoms with Crippen LogP contribution in [0.2, 0.25) is 0 Å². The maximum atomic E-state index is 11.7. The molecular formula is C12H22O3. The largest absolute Gasteiger partial charge is 0.465 e. The second-order valence-corrected chi connectivity index (χ2v) is 3.81. The standard InChI is InChI=1S/C12H22O3/c1-5-8-15-12(14)11(7-3)10(6-2)9(4)13/h10-11H,5-8H2,1-4H3. The molecule has 2 atom stereocenters. The highest BCUT2D eigenvalue weighted by atomic mass is 16.5. The van der Waals surface area contributed by atoms with Gasteiger partial charge in [-0.25, -0.2) is 0 Å². The Kier molecular flexibility index (Phi) is 7.01. The van der Waals surface area contributed by atoms with Gasteiger partial charge in [0.1, 0.15) is 5.78 Å². The Morgan fingerprint density at radius 3 is 1.93 bits per heavy atom. The molecule has 0 N–H and O–H groups in total. The second-order valence-electron chi connectivity index (χ2n) is 3.81. The zero-order valence-electron chi connectivity index (χ0n) is 10.2. The van der Waals surface area contributed by atoms with Crippen LogP contribution >= 0.6 is 0 Å². The molecule has 0 rings (SSSR count). The highest BCUT2D eigenvalue weighted by molar-refractivity contribution is 5.85. The van der Waals surface area contributed by atoms with Crippen molar-refractivity contribution in [1.82, 2.24) is 0 Å². The lowest BCUT2D eigenvalue weighted by molar-refractivity contribution is -0.152. The fourth-order valence-electron chi connectivity index (χ4n) is 1.78. The monoisotopic (exact) mass is 214 g/mol. The van der Waals surface area contributed by atoms with Gasteiger partial charge in [0.25, 0.3) is 0 Å². The Morgan fingerprint density at radius 2 is 1.60 bits per heavy atom. The van der Waals surface area contributed by atoms with Gasteiger partial charge in [0.05, 0.1) is 12.5 Å². The summed E-state index contributed by atoms with van der Waals surface area (Å²) < 4.78 is 5.09. The van der Waals surface area contributed by atoms with Gasteiger partial charge in [0.2, 0.25) is 0 Å². The van der Waals surface area contributed by atoms with Crippen LogP contribution in [-0.4, -0.2) is 18.4 Å². The van der Waals surface area contributed by atoms with Crippen LogP contribution in [0.1, 0.15) is 47.0 Å². The molecule has 0 aromatic carbocycles. The summed E-state index contributed by atoms with van der Waals surface area (Å²) in [6.07, 6.45) is 2.19. The quantitative estimate of drug-likeness (QED) is 0.612. The van der Waals surface area contributed by atoms with E-state index >= 15 is 0 Å². The molecule has 0 heterocycles. The highest BCUT2D eigenvalue weighted by Gasteiger charge is 2.29. The first-order chi connectivity index (χ1) is 7.08. The maximum absolute atomic E-state index is 11.7. The van der Waals surface area contributed by atoms with Crippen molar-refractivity contribution < 1.29 is 14.3 Å². The summed E-state index contributed by atoms with van der Waals surface area (Å²) in [7, 11) is 0. The van der Waals surface area contributed by atoms with Crippen molar-refractivity contribution in [2.75, 3.05) is 6.61 Å². The van der Waals surface area contributed by atoms with Crippen molar-refractivity contribution >= 4 is 11.8 Å². The van der Waals surface area contributed by atoms with E-state index in [1.165, 1.54) is 0 Å². The molecule has 0 aliphatic carbocycles. The van der Waals surface area contributed by atoms with Crippen molar-refractivity contribution in [1.29, 1.82) is 0 Å². The maximum Gasteiger partial charge on any atom is 0.309 e. The van der Waals surface area contributed by atoms with E-state index in [-0.39, 0.29) is 23.6 Å². The molecule has 0 saturated heterocycles. The number of ketones is 1. The minimum Gasteiger partial charge on any atom is -0.465 e. The third-order valence-electron chi connectivity index (χ3n) is 2.64. The molecule has 0 amide bonds. The first-order valence-corrected chi connectivity index (χ1v) is 5.75. The normalized spacial score (nSPS) is 14.4. The van der Waals surface area contributed by atoms with E-state index in [9.17, 15) is 9.59 Å². The van der Waals surface area contributed by atoms with Crippen molar-refractivity contribution in [2.24, 2.45) is 11.8 Å². The van der Waals surface area contributed by atoms with Crippen LogP contribution in [0.5, 0.6) is 0 Å². The Morgan fingerprint density at radius 1 is 1.07 bits per heavy atom. The molecule has 3 nitrogen and oxygen atoms in total. The summed E-state index contributed by atoms with van der Waals surface area (Å²) in [6.45, 7) is 7.80. The highest BCUT2D eigenvalue weighted by Crippen LogP contribution is 2.22. The predicted molar refractivity (Wildman–Crippen MR) is 59.5 cm³/mol. The Bertz CT molecular complexity index is 211. The number of ether oxygens (including phenoxy) is 1. The molecule has 0 bridgehead atoms. The molecule has 3 heteroatoms. The second kappa shape index (κ2) is 7.43. The fourth-order valence-corrected chi connectivity index (χ4v) is 1.78. The van der Waals surface area contributed by atoms with Gasteiger partial charge >= 0.3 is 5.97 Å². The van der Waals surface area contributed by atoms with Crippen LogP contribution in [0.15, 0.2) is 0 Å². The van der Waals surface area contributed by atoms with Crippen molar-refractivity contribution in [3.8, 4) is 0 Å². The van der Waals surface area contributed by atoms with Crippen molar-refractivity contribution in [3.63, 3.8) is 0 Å². The number of carbonyl (C=O) groups excluding carboxylic acids is 2. The zero-order chi connectivity index (χ0) is 11.8. The summed E-state index contributed by atoms with van der Waals surface area (Å²) in [5.74, 6) is -0.586. The first kappa shape index (κ1) is 14.1. The van der Waals surface area contributed by atoms with Gasteiger partial charge < -0.3 is 4.74 Å². The number of rotatable bonds is 7. The molecule has 0 aromatic rings. The van der Waals surface area contributed by atoms with Gasteiger partial charge in [-0.15, -0.1) is 0 Å². The molecule has 0 saturated carbocycles. The smallest absolute Gasteiger partial charge is 0.309 e. The minimum atomic E-state index is -0.265. The summed E-state index contributed by atoms with van der Waals surface area (Å²) in [4.78, 5) is 23.0. The van der Waals surface area contributed by atoms with Gasteiger partial charge in [-0.05, 0) is 26.2 Å². The topological polar surface area (TPSA) is 43.4 Å². The van der Waals surface area contributed by atoms with Crippen LogP contribution in [0.25, 0.3) is 0 Å².